The van der Waals surface area contributed by atoms with Crippen LogP contribution in [0.15, 0.2) is 30.3 Å². The number of rotatable bonds is 7. The number of piperazine rings is 1. The molecule has 0 radical (unpaired) electrons. The van der Waals surface area contributed by atoms with E-state index in [2.05, 4.69) is 29.6 Å². The standard InChI is InChI=1S/C20H29N3O2S/c24-19(18-8-4-9-18)22-11-13-23(14-12-22)20(25)21-10-5-15-26-16-17-6-2-1-3-7-17/h1-3,6-7,18H,4-5,8-16H2,(H,21,25). The van der Waals surface area contributed by atoms with Crippen LogP contribution in [0.25, 0.3) is 0 Å². The van der Waals surface area contributed by atoms with Gasteiger partial charge in [0, 0.05) is 44.4 Å². The van der Waals surface area contributed by atoms with Crippen LogP contribution in [-0.4, -0.2) is 60.2 Å². The van der Waals surface area contributed by atoms with E-state index < -0.39 is 0 Å². The molecule has 0 aromatic heterocycles. The van der Waals surface area contributed by atoms with E-state index in [-0.39, 0.29) is 11.9 Å². The largest absolute Gasteiger partial charge is 0.339 e. The van der Waals surface area contributed by atoms with Crippen molar-refractivity contribution in [3.63, 3.8) is 0 Å². The molecule has 6 heteroatoms. The van der Waals surface area contributed by atoms with Crippen molar-refractivity contribution in [3.8, 4) is 0 Å². The van der Waals surface area contributed by atoms with Crippen LogP contribution in [0.2, 0.25) is 0 Å². The van der Waals surface area contributed by atoms with E-state index in [1.807, 2.05) is 27.6 Å². The van der Waals surface area contributed by atoms with Gasteiger partial charge in [-0.1, -0.05) is 36.8 Å². The molecule has 1 saturated heterocycles. The molecule has 0 unspecified atom stereocenters. The van der Waals surface area contributed by atoms with Crippen molar-refractivity contribution in [2.45, 2.75) is 31.4 Å². The van der Waals surface area contributed by atoms with Crippen LogP contribution >= 0.6 is 11.8 Å². The first-order chi connectivity index (χ1) is 12.7. The summed E-state index contributed by atoms with van der Waals surface area (Å²) in [5.41, 5.74) is 1.34. The van der Waals surface area contributed by atoms with Crippen LogP contribution in [0.4, 0.5) is 4.79 Å². The summed E-state index contributed by atoms with van der Waals surface area (Å²) < 4.78 is 0. The summed E-state index contributed by atoms with van der Waals surface area (Å²) in [6, 6.07) is 10.5. The van der Waals surface area contributed by atoms with Crippen LogP contribution in [0, 0.1) is 5.92 Å². The first-order valence-corrected chi connectivity index (χ1v) is 10.8. The van der Waals surface area contributed by atoms with Gasteiger partial charge in [-0.05, 0) is 30.6 Å². The van der Waals surface area contributed by atoms with Gasteiger partial charge in [-0.25, -0.2) is 4.79 Å². The monoisotopic (exact) mass is 375 g/mol. The molecule has 1 aliphatic carbocycles. The Morgan fingerprint density at radius 2 is 1.73 bits per heavy atom. The summed E-state index contributed by atoms with van der Waals surface area (Å²) in [6.07, 6.45) is 4.25. The van der Waals surface area contributed by atoms with Crippen molar-refractivity contribution in [1.82, 2.24) is 15.1 Å². The molecule has 3 rings (SSSR count). The van der Waals surface area contributed by atoms with E-state index in [1.165, 1.54) is 12.0 Å². The molecular formula is C20H29N3O2S. The predicted octanol–water partition coefficient (Wildman–Crippen LogP) is 2.96. The summed E-state index contributed by atoms with van der Waals surface area (Å²) >= 11 is 1.90. The van der Waals surface area contributed by atoms with Gasteiger partial charge in [0.15, 0.2) is 0 Å². The average molecular weight is 376 g/mol. The van der Waals surface area contributed by atoms with E-state index in [0.29, 0.717) is 38.6 Å². The van der Waals surface area contributed by atoms with Gasteiger partial charge >= 0.3 is 6.03 Å². The highest BCUT2D eigenvalue weighted by molar-refractivity contribution is 7.98. The zero-order chi connectivity index (χ0) is 18.2. The van der Waals surface area contributed by atoms with Crippen LogP contribution in [-0.2, 0) is 10.5 Å². The van der Waals surface area contributed by atoms with E-state index in [1.54, 1.807) is 0 Å². The molecule has 5 nitrogen and oxygen atoms in total. The molecule has 2 aliphatic rings. The smallest absolute Gasteiger partial charge is 0.317 e. The lowest BCUT2D eigenvalue weighted by atomic mass is 9.84. The lowest BCUT2D eigenvalue weighted by molar-refractivity contribution is -0.139. The van der Waals surface area contributed by atoms with Crippen molar-refractivity contribution in [3.05, 3.63) is 35.9 Å². The van der Waals surface area contributed by atoms with Gasteiger partial charge in [-0.15, -0.1) is 0 Å². The number of carbonyl (C=O) groups excluding carboxylic acids is 2. The molecule has 2 fully saturated rings. The molecule has 1 aliphatic heterocycles. The van der Waals surface area contributed by atoms with Crippen LogP contribution in [0.1, 0.15) is 31.2 Å². The maximum atomic E-state index is 12.2. The number of nitrogens with one attached hydrogen (secondary N) is 1. The number of nitrogens with zero attached hydrogens (tertiary/aromatic N) is 2. The highest BCUT2D eigenvalue weighted by atomic mass is 32.2. The molecule has 26 heavy (non-hydrogen) atoms. The minimum absolute atomic E-state index is 0.00815. The number of hydrogen-bond acceptors (Lipinski definition) is 3. The lowest BCUT2D eigenvalue weighted by Gasteiger charge is -2.38. The zero-order valence-corrected chi connectivity index (χ0v) is 16.2. The third-order valence-corrected chi connectivity index (χ3v) is 6.30. The van der Waals surface area contributed by atoms with Gasteiger partial charge in [-0.3, -0.25) is 4.79 Å². The Labute approximate surface area is 160 Å². The number of hydrogen-bond donors (Lipinski definition) is 1. The fourth-order valence-electron chi connectivity index (χ4n) is 3.29. The molecule has 0 spiro atoms. The van der Waals surface area contributed by atoms with Crippen molar-refractivity contribution in [1.29, 1.82) is 0 Å². The Morgan fingerprint density at radius 1 is 1.04 bits per heavy atom. The van der Waals surface area contributed by atoms with Gasteiger partial charge in [-0.2, -0.15) is 11.8 Å². The quantitative estimate of drug-likeness (QED) is 0.746. The third kappa shape index (κ3) is 5.40. The Kier molecular flexibility index (Phi) is 7.23. The number of thioether (sulfide) groups is 1. The maximum absolute atomic E-state index is 12.2. The van der Waals surface area contributed by atoms with E-state index in [4.69, 9.17) is 0 Å². The summed E-state index contributed by atoms with van der Waals surface area (Å²) in [5.74, 6) is 2.61. The molecular weight excluding hydrogens is 346 g/mol. The molecule has 0 atom stereocenters. The van der Waals surface area contributed by atoms with Gasteiger partial charge in [0.05, 0.1) is 0 Å². The van der Waals surface area contributed by atoms with Crippen LogP contribution in [0.3, 0.4) is 0 Å². The topological polar surface area (TPSA) is 52.7 Å². The maximum Gasteiger partial charge on any atom is 0.317 e. The Balaban J connectivity index is 1.24. The molecule has 0 bridgehead atoms. The van der Waals surface area contributed by atoms with Crippen molar-refractivity contribution >= 4 is 23.7 Å². The van der Waals surface area contributed by atoms with Crippen LogP contribution < -0.4 is 5.32 Å². The second-order valence-electron chi connectivity index (χ2n) is 7.06. The number of amides is 3. The number of carbonyl (C=O) groups is 2. The summed E-state index contributed by atoms with van der Waals surface area (Å²) in [5, 5.41) is 3.01. The van der Waals surface area contributed by atoms with E-state index >= 15 is 0 Å². The average Bonchev–Trinajstić information content (AvgIpc) is 2.64. The van der Waals surface area contributed by atoms with Crippen molar-refractivity contribution < 1.29 is 9.59 Å². The number of benzene rings is 1. The SMILES string of the molecule is O=C(NCCCSCc1ccccc1)N1CCN(C(=O)C2CCC2)CC1. The number of urea groups is 1. The molecule has 142 valence electrons. The van der Waals surface area contributed by atoms with Gasteiger partial charge in [0.25, 0.3) is 0 Å². The highest BCUT2D eigenvalue weighted by Gasteiger charge is 2.31. The Bertz CT molecular complexity index is 584. The van der Waals surface area contributed by atoms with Crippen LogP contribution in [0.5, 0.6) is 0 Å². The molecule has 1 heterocycles. The summed E-state index contributed by atoms with van der Waals surface area (Å²) in [4.78, 5) is 28.2. The molecule has 3 amide bonds. The molecule has 1 aromatic rings. The lowest BCUT2D eigenvalue weighted by Crippen LogP contribution is -2.54. The fraction of sp³-hybridized carbons (Fsp3) is 0.600. The summed E-state index contributed by atoms with van der Waals surface area (Å²) in [6.45, 7) is 3.35. The normalized spacial score (nSPS) is 17.7. The molecule has 1 saturated carbocycles. The zero-order valence-electron chi connectivity index (χ0n) is 15.4. The van der Waals surface area contributed by atoms with Crippen molar-refractivity contribution in [2.75, 3.05) is 38.5 Å². The fourth-order valence-corrected chi connectivity index (χ4v) is 4.21. The minimum atomic E-state index is 0.00815. The second-order valence-corrected chi connectivity index (χ2v) is 8.17. The third-order valence-electron chi connectivity index (χ3n) is 5.19. The Morgan fingerprint density at radius 3 is 2.38 bits per heavy atom. The highest BCUT2D eigenvalue weighted by Crippen LogP contribution is 2.28. The summed E-state index contributed by atoms with van der Waals surface area (Å²) in [7, 11) is 0. The predicted molar refractivity (Wildman–Crippen MR) is 106 cm³/mol. The second kappa shape index (κ2) is 9.86. The molecule has 1 aromatic carbocycles. The van der Waals surface area contributed by atoms with E-state index in [9.17, 15) is 9.59 Å². The first kappa shape index (κ1) is 19.1. The first-order valence-electron chi connectivity index (χ1n) is 9.67. The van der Waals surface area contributed by atoms with Gasteiger partial charge in [0.1, 0.15) is 0 Å². The minimum Gasteiger partial charge on any atom is -0.339 e. The van der Waals surface area contributed by atoms with Gasteiger partial charge in [0.2, 0.25) is 5.91 Å². The van der Waals surface area contributed by atoms with Gasteiger partial charge < -0.3 is 15.1 Å². The Hall–Kier alpha value is -1.69. The van der Waals surface area contributed by atoms with Crippen molar-refractivity contribution in [2.24, 2.45) is 5.92 Å². The molecule has 1 N–H and O–H groups in total. The van der Waals surface area contributed by atoms with E-state index in [0.717, 1.165) is 30.8 Å².